The van der Waals surface area contributed by atoms with Gasteiger partial charge in [0.05, 0.1) is 13.2 Å². The minimum absolute atomic E-state index is 0.0892. The lowest BCUT2D eigenvalue weighted by molar-refractivity contribution is -0.191. The van der Waals surface area contributed by atoms with Gasteiger partial charge in [-0.1, -0.05) is 6.92 Å². The van der Waals surface area contributed by atoms with E-state index >= 15 is 0 Å². The summed E-state index contributed by atoms with van der Waals surface area (Å²) in [6.07, 6.45) is 1.10. The summed E-state index contributed by atoms with van der Waals surface area (Å²) in [5.41, 5.74) is 3.86. The Hall–Kier alpha value is -3.29. The van der Waals surface area contributed by atoms with Crippen molar-refractivity contribution in [3.63, 3.8) is 0 Å². The Morgan fingerprint density at radius 1 is 1.16 bits per heavy atom. The van der Waals surface area contributed by atoms with Gasteiger partial charge in [-0.15, -0.1) is 0 Å². The number of anilines is 2. The second kappa shape index (κ2) is 11.8. The van der Waals surface area contributed by atoms with Crippen molar-refractivity contribution in [2.24, 2.45) is 0 Å². The number of hydrogen-bond acceptors (Lipinski definition) is 7. The van der Waals surface area contributed by atoms with Crippen LogP contribution in [0, 0.1) is 6.92 Å². The van der Waals surface area contributed by atoms with E-state index in [1.165, 1.54) is 0 Å². The molecule has 1 aliphatic rings. The third-order valence-corrected chi connectivity index (χ3v) is 4.69. The summed E-state index contributed by atoms with van der Waals surface area (Å²) in [6, 6.07) is 7.51. The van der Waals surface area contributed by atoms with Gasteiger partial charge < -0.3 is 20.3 Å². The van der Waals surface area contributed by atoms with Crippen LogP contribution in [0.25, 0.3) is 11.4 Å². The Balaban J connectivity index is 0.00000107. The molecule has 0 bridgehead atoms. The van der Waals surface area contributed by atoms with Crippen LogP contribution in [0.5, 0.6) is 0 Å². The zero-order chi connectivity index (χ0) is 22.8. The molecule has 1 aromatic carbocycles. The fraction of sp³-hybridized carbons (Fsp3) is 0.455. The van der Waals surface area contributed by atoms with Crippen molar-refractivity contribution in [1.29, 1.82) is 0 Å². The van der Waals surface area contributed by atoms with E-state index in [2.05, 4.69) is 29.4 Å². The molecule has 0 aliphatic carbocycles. The number of rotatable bonds is 5. The maximum absolute atomic E-state index is 11.9. The van der Waals surface area contributed by atoms with Crippen LogP contribution in [0.3, 0.4) is 0 Å². The van der Waals surface area contributed by atoms with Crippen LogP contribution < -0.4 is 15.5 Å². The summed E-state index contributed by atoms with van der Waals surface area (Å²) in [5.74, 6) is 1.70. The number of nitrogens with zero attached hydrogens (tertiary/aromatic N) is 3. The van der Waals surface area contributed by atoms with Crippen LogP contribution >= 0.6 is 0 Å². The average Bonchev–Trinajstić information content (AvgIpc) is 2.75. The SMILES string of the molecule is CCc1nc(-c2ccc(NC(=O)NC(C)C)cc2)nc(N2CCOCC2)c1C.O=C=O. The molecule has 0 spiro atoms. The first-order valence-corrected chi connectivity index (χ1v) is 10.3. The second-order valence-corrected chi connectivity index (χ2v) is 7.31. The minimum atomic E-state index is -0.211. The molecule has 1 saturated heterocycles. The van der Waals surface area contributed by atoms with Crippen molar-refractivity contribution in [2.75, 3.05) is 36.5 Å². The summed E-state index contributed by atoms with van der Waals surface area (Å²) in [6.45, 7) is 11.2. The molecule has 0 atom stereocenters. The number of nitrogens with one attached hydrogen (secondary N) is 2. The molecule has 166 valence electrons. The number of aryl methyl sites for hydroxylation is 1. The van der Waals surface area contributed by atoms with Crippen molar-refractivity contribution in [1.82, 2.24) is 15.3 Å². The van der Waals surface area contributed by atoms with Gasteiger partial charge in [0.25, 0.3) is 0 Å². The van der Waals surface area contributed by atoms with Gasteiger partial charge in [-0.05, 0) is 51.5 Å². The van der Waals surface area contributed by atoms with Gasteiger partial charge in [0.15, 0.2) is 5.82 Å². The lowest BCUT2D eigenvalue weighted by Gasteiger charge is -2.29. The molecule has 0 unspecified atom stereocenters. The molecule has 2 heterocycles. The van der Waals surface area contributed by atoms with Gasteiger partial charge in [0.2, 0.25) is 0 Å². The van der Waals surface area contributed by atoms with Crippen molar-refractivity contribution in [3.8, 4) is 11.4 Å². The van der Waals surface area contributed by atoms with Crippen molar-refractivity contribution in [3.05, 3.63) is 35.5 Å². The van der Waals surface area contributed by atoms with Gasteiger partial charge in [0, 0.05) is 41.6 Å². The van der Waals surface area contributed by atoms with Crippen LogP contribution in [-0.2, 0) is 20.7 Å². The molecule has 31 heavy (non-hydrogen) atoms. The number of benzene rings is 1. The molecule has 9 nitrogen and oxygen atoms in total. The van der Waals surface area contributed by atoms with Gasteiger partial charge in [-0.25, -0.2) is 14.8 Å². The first-order valence-electron chi connectivity index (χ1n) is 10.3. The van der Waals surface area contributed by atoms with Gasteiger partial charge >= 0.3 is 12.2 Å². The number of morpholine rings is 1. The quantitative estimate of drug-likeness (QED) is 0.754. The van der Waals surface area contributed by atoms with Crippen LogP contribution in [0.2, 0.25) is 0 Å². The molecule has 1 aromatic heterocycles. The molecule has 0 radical (unpaired) electrons. The zero-order valence-corrected chi connectivity index (χ0v) is 18.4. The second-order valence-electron chi connectivity index (χ2n) is 7.31. The Bertz CT molecular complexity index is 903. The predicted octanol–water partition coefficient (Wildman–Crippen LogP) is 2.80. The Morgan fingerprint density at radius 2 is 1.77 bits per heavy atom. The normalized spacial score (nSPS) is 13.1. The third-order valence-electron chi connectivity index (χ3n) is 4.69. The number of aromatic nitrogens is 2. The summed E-state index contributed by atoms with van der Waals surface area (Å²) in [4.78, 5) is 40.0. The number of carbonyl (C=O) groups excluding carboxylic acids is 3. The van der Waals surface area contributed by atoms with E-state index in [0.29, 0.717) is 5.82 Å². The first-order chi connectivity index (χ1) is 14.9. The van der Waals surface area contributed by atoms with Crippen LogP contribution in [0.4, 0.5) is 16.3 Å². The highest BCUT2D eigenvalue weighted by atomic mass is 16.5. The Labute approximate surface area is 182 Å². The predicted molar refractivity (Wildman–Crippen MR) is 117 cm³/mol. The van der Waals surface area contributed by atoms with Crippen molar-refractivity contribution in [2.45, 2.75) is 40.2 Å². The molecular formula is C22H29N5O4. The van der Waals surface area contributed by atoms with E-state index < -0.39 is 0 Å². The molecule has 9 heteroatoms. The van der Waals surface area contributed by atoms with E-state index in [1.54, 1.807) is 0 Å². The maximum atomic E-state index is 11.9. The molecule has 2 amide bonds. The van der Waals surface area contributed by atoms with Gasteiger partial charge in [0.1, 0.15) is 5.82 Å². The smallest absolute Gasteiger partial charge is 0.373 e. The summed E-state index contributed by atoms with van der Waals surface area (Å²) in [7, 11) is 0. The highest BCUT2D eigenvalue weighted by Gasteiger charge is 2.19. The Kier molecular flexibility index (Phi) is 9.12. The number of amides is 2. The molecular weight excluding hydrogens is 398 g/mol. The van der Waals surface area contributed by atoms with E-state index in [9.17, 15) is 4.79 Å². The zero-order valence-electron chi connectivity index (χ0n) is 18.4. The number of hydrogen-bond donors (Lipinski definition) is 2. The first kappa shape index (κ1) is 24.0. The van der Waals surface area contributed by atoms with Crippen LogP contribution in [0.1, 0.15) is 32.0 Å². The fourth-order valence-electron chi connectivity index (χ4n) is 3.24. The maximum Gasteiger partial charge on any atom is 0.373 e. The monoisotopic (exact) mass is 427 g/mol. The number of ether oxygens (including phenoxy) is 1. The summed E-state index contributed by atoms with van der Waals surface area (Å²) >= 11 is 0. The van der Waals surface area contributed by atoms with Gasteiger partial charge in [-0.2, -0.15) is 9.59 Å². The highest BCUT2D eigenvalue weighted by molar-refractivity contribution is 5.89. The fourth-order valence-corrected chi connectivity index (χ4v) is 3.24. The van der Waals surface area contributed by atoms with Crippen molar-refractivity contribution >= 4 is 23.7 Å². The lowest BCUT2D eigenvalue weighted by atomic mass is 10.1. The van der Waals surface area contributed by atoms with Crippen LogP contribution in [-0.4, -0.2) is 54.5 Å². The highest BCUT2D eigenvalue weighted by Crippen LogP contribution is 2.26. The third kappa shape index (κ3) is 6.87. The lowest BCUT2D eigenvalue weighted by Crippen LogP contribution is -2.37. The van der Waals surface area contributed by atoms with E-state index in [0.717, 1.165) is 61.1 Å². The molecule has 1 aliphatic heterocycles. The van der Waals surface area contributed by atoms with Crippen molar-refractivity contribution < 1.29 is 19.1 Å². The van der Waals surface area contributed by atoms with E-state index in [4.69, 9.17) is 24.3 Å². The Morgan fingerprint density at radius 3 is 2.32 bits per heavy atom. The largest absolute Gasteiger partial charge is 0.378 e. The average molecular weight is 428 g/mol. The summed E-state index contributed by atoms with van der Waals surface area (Å²) in [5, 5.41) is 5.65. The molecule has 0 saturated carbocycles. The number of carbonyl (C=O) groups is 1. The summed E-state index contributed by atoms with van der Waals surface area (Å²) < 4.78 is 5.48. The van der Waals surface area contributed by atoms with E-state index in [-0.39, 0.29) is 18.2 Å². The molecule has 2 N–H and O–H groups in total. The van der Waals surface area contributed by atoms with Crippen LogP contribution in [0.15, 0.2) is 24.3 Å². The standard InChI is InChI=1S/C21H29N5O2.CO2/c1-5-18-15(4)20(26-10-12-28-13-11-26)25-19(24-18)16-6-8-17(9-7-16)23-21(27)22-14(2)3;2-1-3/h6-9,14H,5,10-13H2,1-4H3,(H2,22,23,27);. The molecule has 3 rings (SSSR count). The molecule has 1 fully saturated rings. The number of urea groups is 1. The minimum Gasteiger partial charge on any atom is -0.378 e. The van der Waals surface area contributed by atoms with Gasteiger partial charge in [-0.3, -0.25) is 0 Å². The molecule has 2 aromatic rings. The van der Waals surface area contributed by atoms with E-state index in [1.807, 2.05) is 38.1 Å². The topological polar surface area (TPSA) is 114 Å².